The number of para-hydroxylation sites is 1. The molecule has 2 N–H and O–H groups in total. The number of likely N-dealkylation sites (tertiary alicyclic amines) is 1. The van der Waals surface area contributed by atoms with Gasteiger partial charge in [0.1, 0.15) is 12.3 Å². The molecule has 1 saturated heterocycles. The summed E-state index contributed by atoms with van der Waals surface area (Å²) < 4.78 is 13.2. The molecule has 3 amide bonds. The van der Waals surface area contributed by atoms with Gasteiger partial charge in [0.15, 0.2) is 11.5 Å². The normalized spacial score (nSPS) is 20.6. The van der Waals surface area contributed by atoms with Gasteiger partial charge < -0.3 is 29.6 Å². The van der Waals surface area contributed by atoms with Gasteiger partial charge in [-0.15, -0.1) is 5.10 Å². The molecule has 0 aliphatic carbocycles. The summed E-state index contributed by atoms with van der Waals surface area (Å²) in [5, 5.41) is 11.5. The van der Waals surface area contributed by atoms with Crippen LogP contribution in [0.25, 0.3) is 0 Å². The van der Waals surface area contributed by atoms with Crippen molar-refractivity contribution in [3.05, 3.63) is 59.7 Å². The molecule has 0 unspecified atom stereocenters. The molecule has 0 spiro atoms. The van der Waals surface area contributed by atoms with Crippen LogP contribution in [0.4, 0.5) is 0 Å². The maximum absolute atomic E-state index is 13.2. The van der Waals surface area contributed by atoms with E-state index in [0.29, 0.717) is 48.0 Å². The Bertz CT molecular complexity index is 1290. The second kappa shape index (κ2) is 10.3. The summed E-state index contributed by atoms with van der Waals surface area (Å²) >= 11 is 0. The van der Waals surface area contributed by atoms with E-state index in [0.717, 1.165) is 0 Å². The molecule has 4 heterocycles. The summed E-state index contributed by atoms with van der Waals surface area (Å²) in [5.41, 5.74) is 1.46. The largest absolute Gasteiger partial charge is 0.493 e. The van der Waals surface area contributed by atoms with E-state index in [-0.39, 0.29) is 49.3 Å². The minimum atomic E-state index is -0.256. The van der Waals surface area contributed by atoms with Gasteiger partial charge >= 0.3 is 0 Å². The van der Waals surface area contributed by atoms with Crippen LogP contribution in [0.1, 0.15) is 38.9 Å². The lowest BCUT2D eigenvalue weighted by Gasteiger charge is -2.21. The molecule has 2 bridgehead atoms. The van der Waals surface area contributed by atoms with Gasteiger partial charge in [0.2, 0.25) is 5.91 Å². The molecular formula is C25H29N7O5. The lowest BCUT2D eigenvalue weighted by Crippen LogP contribution is -2.37. The van der Waals surface area contributed by atoms with Crippen LogP contribution in [0.2, 0.25) is 0 Å². The molecule has 5 rings (SSSR count). The number of benzene rings is 1. The lowest BCUT2D eigenvalue weighted by molar-refractivity contribution is -0.122. The first-order valence-electron chi connectivity index (χ1n) is 12.1. The Morgan fingerprint density at radius 1 is 1.22 bits per heavy atom. The molecule has 0 saturated carbocycles. The predicted molar refractivity (Wildman–Crippen MR) is 131 cm³/mol. The van der Waals surface area contributed by atoms with Crippen LogP contribution in [0, 0.1) is 5.92 Å². The molecule has 1 aromatic carbocycles. The van der Waals surface area contributed by atoms with Gasteiger partial charge in [-0.3, -0.25) is 14.4 Å². The molecule has 194 valence electrons. The Labute approximate surface area is 213 Å². The molecule has 0 radical (unpaired) electrons. The van der Waals surface area contributed by atoms with E-state index in [1.54, 1.807) is 59.5 Å². The predicted octanol–water partition coefficient (Wildman–Crippen LogP) is 1.10. The Hall–Kier alpha value is -4.35. The molecule has 3 aromatic rings. The molecule has 1 fully saturated rings. The quantitative estimate of drug-likeness (QED) is 0.530. The zero-order valence-electron chi connectivity index (χ0n) is 20.7. The van der Waals surface area contributed by atoms with Crippen molar-refractivity contribution < 1.29 is 23.9 Å². The first kappa shape index (κ1) is 24.3. The Kier molecular flexibility index (Phi) is 6.80. The average Bonchev–Trinajstić information content (AvgIpc) is 3.67. The first-order valence-corrected chi connectivity index (χ1v) is 12.1. The maximum Gasteiger partial charge on any atom is 0.257 e. The third kappa shape index (κ3) is 4.99. The Balaban J connectivity index is 1.44. The van der Waals surface area contributed by atoms with E-state index in [1.807, 2.05) is 0 Å². The smallest absolute Gasteiger partial charge is 0.257 e. The monoisotopic (exact) mass is 507 g/mol. The Morgan fingerprint density at radius 3 is 2.86 bits per heavy atom. The van der Waals surface area contributed by atoms with Gasteiger partial charge in [0.25, 0.3) is 11.8 Å². The number of aromatic amines is 1. The number of fused-ring (bicyclic) bond motifs is 5. The number of methoxy groups -OCH3 is 1. The fraction of sp³-hybridized carbons (Fsp3) is 0.400. The highest BCUT2D eigenvalue weighted by atomic mass is 16.5. The molecule has 2 atom stereocenters. The van der Waals surface area contributed by atoms with Gasteiger partial charge in [-0.05, 0) is 18.2 Å². The second-order valence-electron chi connectivity index (χ2n) is 9.23. The molecule has 2 aliphatic heterocycles. The van der Waals surface area contributed by atoms with E-state index >= 15 is 0 Å². The summed E-state index contributed by atoms with van der Waals surface area (Å²) in [6, 6.07) is 6.63. The number of aromatic nitrogens is 4. The van der Waals surface area contributed by atoms with Crippen molar-refractivity contribution in [3.63, 3.8) is 0 Å². The van der Waals surface area contributed by atoms with Crippen LogP contribution in [0.15, 0.2) is 42.9 Å². The Morgan fingerprint density at radius 2 is 2.08 bits per heavy atom. The zero-order valence-corrected chi connectivity index (χ0v) is 20.7. The number of rotatable bonds is 2. The highest BCUT2D eigenvalue weighted by Gasteiger charge is 2.38. The summed E-state index contributed by atoms with van der Waals surface area (Å²) in [5.74, 6) is 0.0719. The van der Waals surface area contributed by atoms with E-state index in [1.165, 1.54) is 12.0 Å². The van der Waals surface area contributed by atoms with Crippen LogP contribution in [0.3, 0.4) is 0 Å². The van der Waals surface area contributed by atoms with Crippen LogP contribution in [0.5, 0.6) is 11.5 Å². The minimum absolute atomic E-state index is 0.0637. The van der Waals surface area contributed by atoms with E-state index in [4.69, 9.17) is 9.47 Å². The van der Waals surface area contributed by atoms with E-state index in [9.17, 15) is 14.4 Å². The van der Waals surface area contributed by atoms with Crippen molar-refractivity contribution in [2.24, 2.45) is 5.92 Å². The zero-order chi connectivity index (χ0) is 25.9. The van der Waals surface area contributed by atoms with E-state index < -0.39 is 0 Å². The number of ether oxygens (including phenoxy) is 2. The number of carbonyl (C=O) groups excluding carboxylic acids is 3. The van der Waals surface area contributed by atoms with Crippen molar-refractivity contribution in [3.8, 4) is 11.5 Å². The molecule has 12 nitrogen and oxygen atoms in total. The summed E-state index contributed by atoms with van der Waals surface area (Å²) in [7, 11) is 3.18. The van der Waals surface area contributed by atoms with Gasteiger partial charge in [0.05, 0.1) is 30.5 Å². The number of H-pyrrole nitrogens is 1. The van der Waals surface area contributed by atoms with Crippen LogP contribution < -0.4 is 14.8 Å². The highest BCUT2D eigenvalue weighted by Crippen LogP contribution is 2.34. The number of amides is 3. The molecule has 2 aliphatic rings. The van der Waals surface area contributed by atoms with Crippen LogP contribution in [-0.2, 0) is 11.4 Å². The van der Waals surface area contributed by atoms with Gasteiger partial charge in [0, 0.05) is 58.0 Å². The van der Waals surface area contributed by atoms with Gasteiger partial charge in [-0.2, -0.15) is 0 Å². The number of hydrogen-bond acceptors (Lipinski definition) is 7. The third-order valence-corrected chi connectivity index (χ3v) is 6.79. The average molecular weight is 508 g/mol. The highest BCUT2D eigenvalue weighted by molar-refractivity contribution is 5.97. The number of nitrogens with zero attached hydrogens (tertiary/aromatic N) is 5. The fourth-order valence-corrected chi connectivity index (χ4v) is 4.82. The van der Waals surface area contributed by atoms with Crippen molar-refractivity contribution in [1.82, 2.24) is 35.1 Å². The second-order valence-corrected chi connectivity index (χ2v) is 9.23. The third-order valence-electron chi connectivity index (χ3n) is 6.79. The number of likely N-dealkylation sites (N-methyl/N-ethyl adjacent to an activating group) is 1. The maximum atomic E-state index is 13.2. The van der Waals surface area contributed by atoms with Gasteiger partial charge in [-0.25, -0.2) is 4.68 Å². The SMILES string of the molecule is COc1cccc2c1OCc1cn(nn1)[C@@H]1CN(C(=O)c3cc[nH]c3)C[C@@H]1CC(=O)NCCN(C)C2=O. The van der Waals surface area contributed by atoms with Crippen molar-refractivity contribution in [2.75, 3.05) is 40.3 Å². The first-order chi connectivity index (χ1) is 17.9. The van der Waals surface area contributed by atoms with Crippen LogP contribution >= 0.6 is 0 Å². The molecule has 37 heavy (non-hydrogen) atoms. The summed E-state index contributed by atoms with van der Waals surface area (Å²) in [4.78, 5) is 45.2. The minimum Gasteiger partial charge on any atom is -0.493 e. The van der Waals surface area contributed by atoms with Crippen LogP contribution in [-0.4, -0.2) is 87.8 Å². The number of carbonyl (C=O) groups is 3. The van der Waals surface area contributed by atoms with Gasteiger partial charge in [-0.1, -0.05) is 11.3 Å². The summed E-state index contributed by atoms with van der Waals surface area (Å²) in [6.45, 7) is 1.48. The molecule has 2 aromatic heterocycles. The molecular weight excluding hydrogens is 478 g/mol. The summed E-state index contributed by atoms with van der Waals surface area (Å²) in [6.07, 6.45) is 5.34. The molecule has 12 heteroatoms. The van der Waals surface area contributed by atoms with Crippen molar-refractivity contribution >= 4 is 17.7 Å². The lowest BCUT2D eigenvalue weighted by atomic mass is 9.99. The van der Waals surface area contributed by atoms with E-state index in [2.05, 4.69) is 20.6 Å². The van der Waals surface area contributed by atoms with Crippen molar-refractivity contribution in [2.45, 2.75) is 19.1 Å². The fourth-order valence-electron chi connectivity index (χ4n) is 4.82. The number of nitrogens with one attached hydrogen (secondary N) is 2. The standard InChI is InChI=1S/C25H29N7O5/c1-30-9-8-27-22(33)10-17-12-31(24(34)16-6-7-26-11-16)14-20(17)32-13-18(28-29-32)15-37-23-19(25(30)35)4-3-5-21(23)36-2/h3-7,11,13,17,20,26H,8-10,12,14-15H2,1-2H3,(H,27,33)/t17-,20+/m0/s1. The number of hydrogen-bond donors (Lipinski definition) is 2. The topological polar surface area (TPSA) is 135 Å². The van der Waals surface area contributed by atoms with Crippen molar-refractivity contribution in [1.29, 1.82) is 0 Å².